The van der Waals surface area contributed by atoms with Crippen molar-refractivity contribution in [3.05, 3.63) is 64.8 Å². The maximum absolute atomic E-state index is 12.7. The Bertz CT molecular complexity index is 827. The summed E-state index contributed by atoms with van der Waals surface area (Å²) >= 11 is 1.73. The number of carbonyl (C=O) groups excluding carboxylic acids is 1. The van der Waals surface area contributed by atoms with Crippen molar-refractivity contribution < 1.29 is 9.21 Å². The summed E-state index contributed by atoms with van der Waals surface area (Å²) in [5.74, 6) is 1.56. The van der Waals surface area contributed by atoms with Gasteiger partial charge in [0.15, 0.2) is 11.7 Å². The Balaban J connectivity index is 1.38. The van der Waals surface area contributed by atoms with Crippen LogP contribution in [0.2, 0.25) is 0 Å². The highest BCUT2D eigenvalue weighted by Gasteiger charge is 2.30. The molecule has 3 heterocycles. The Morgan fingerprint density at radius 2 is 2.12 bits per heavy atom. The fourth-order valence-corrected chi connectivity index (χ4v) is 4.23. The molecule has 1 unspecified atom stereocenters. The van der Waals surface area contributed by atoms with Crippen LogP contribution < -0.4 is 0 Å². The molecule has 1 fully saturated rings. The van der Waals surface area contributed by atoms with Gasteiger partial charge in [-0.2, -0.15) is 0 Å². The highest BCUT2D eigenvalue weighted by molar-refractivity contribution is 7.10. The zero-order chi connectivity index (χ0) is 17.1. The van der Waals surface area contributed by atoms with Gasteiger partial charge in [0.1, 0.15) is 0 Å². The lowest BCUT2D eigenvalue weighted by molar-refractivity contribution is -0.132. The molecule has 25 heavy (non-hydrogen) atoms. The van der Waals surface area contributed by atoms with Gasteiger partial charge >= 0.3 is 0 Å². The van der Waals surface area contributed by atoms with E-state index in [2.05, 4.69) is 22.5 Å². The second-order valence-electron chi connectivity index (χ2n) is 6.24. The third kappa shape index (κ3) is 3.51. The number of hydrogen-bond donors (Lipinski definition) is 0. The first-order valence-corrected chi connectivity index (χ1v) is 9.52. The van der Waals surface area contributed by atoms with Gasteiger partial charge < -0.3 is 9.32 Å². The first kappa shape index (κ1) is 16.1. The van der Waals surface area contributed by atoms with E-state index in [1.165, 1.54) is 4.88 Å². The van der Waals surface area contributed by atoms with Crippen LogP contribution in [-0.4, -0.2) is 22.3 Å². The van der Waals surface area contributed by atoms with Gasteiger partial charge in [0.05, 0.1) is 12.2 Å². The molecule has 1 aliphatic rings. The summed E-state index contributed by atoms with van der Waals surface area (Å²) in [6.07, 6.45) is 4.85. The monoisotopic (exact) mass is 352 g/mol. The van der Waals surface area contributed by atoms with E-state index < -0.39 is 0 Å². The Kier molecular flexibility index (Phi) is 4.65. The molecule has 0 saturated carbocycles. The van der Waals surface area contributed by atoms with Gasteiger partial charge in [0.25, 0.3) is 0 Å². The predicted molar refractivity (Wildman–Crippen MR) is 98.3 cm³/mol. The van der Waals surface area contributed by atoms with Crippen LogP contribution in [0, 0.1) is 0 Å². The number of carbonyl (C=O) groups is 1. The van der Waals surface area contributed by atoms with E-state index in [4.69, 9.17) is 4.42 Å². The van der Waals surface area contributed by atoms with E-state index >= 15 is 0 Å². The van der Waals surface area contributed by atoms with E-state index in [1.807, 2.05) is 35.2 Å². The summed E-state index contributed by atoms with van der Waals surface area (Å²) in [4.78, 5) is 20.3. The number of oxazole rings is 1. The molecule has 0 radical (unpaired) electrons. The Morgan fingerprint density at radius 1 is 1.24 bits per heavy atom. The number of rotatable bonds is 5. The van der Waals surface area contributed by atoms with Crippen LogP contribution in [0.5, 0.6) is 0 Å². The fourth-order valence-electron chi connectivity index (χ4n) is 3.36. The predicted octanol–water partition coefficient (Wildman–Crippen LogP) is 4.70. The maximum atomic E-state index is 12.7. The van der Waals surface area contributed by atoms with Gasteiger partial charge in [-0.05, 0) is 24.3 Å². The second-order valence-corrected chi connectivity index (χ2v) is 7.22. The van der Waals surface area contributed by atoms with Gasteiger partial charge in [-0.1, -0.05) is 36.4 Å². The number of amides is 1. The van der Waals surface area contributed by atoms with Crippen molar-refractivity contribution >= 4 is 17.2 Å². The summed E-state index contributed by atoms with van der Waals surface area (Å²) in [5.41, 5.74) is 1.00. The SMILES string of the molecule is O=C(CCc1ncc(-c2ccccc2)o1)N1CCCC1c1cccs1. The fraction of sp³-hybridized carbons (Fsp3) is 0.300. The lowest BCUT2D eigenvalue weighted by atomic mass is 10.1. The minimum atomic E-state index is 0.190. The van der Waals surface area contributed by atoms with Crippen molar-refractivity contribution in [2.75, 3.05) is 6.54 Å². The number of aryl methyl sites for hydroxylation is 1. The van der Waals surface area contributed by atoms with E-state index in [-0.39, 0.29) is 11.9 Å². The molecule has 5 heteroatoms. The molecule has 128 valence electrons. The number of likely N-dealkylation sites (tertiary alicyclic amines) is 1. The Morgan fingerprint density at radius 3 is 2.92 bits per heavy atom. The third-order valence-electron chi connectivity index (χ3n) is 4.61. The van der Waals surface area contributed by atoms with Crippen LogP contribution >= 0.6 is 11.3 Å². The minimum absolute atomic E-state index is 0.190. The van der Waals surface area contributed by atoms with E-state index in [1.54, 1.807) is 17.5 Å². The number of benzene rings is 1. The molecule has 1 saturated heterocycles. The number of nitrogens with zero attached hydrogens (tertiary/aromatic N) is 2. The zero-order valence-corrected chi connectivity index (χ0v) is 14.7. The van der Waals surface area contributed by atoms with Crippen molar-refractivity contribution in [1.29, 1.82) is 0 Å². The first-order valence-electron chi connectivity index (χ1n) is 8.64. The maximum Gasteiger partial charge on any atom is 0.223 e. The Labute approximate surface area is 151 Å². The van der Waals surface area contributed by atoms with Crippen molar-refractivity contribution in [3.63, 3.8) is 0 Å². The first-order chi connectivity index (χ1) is 12.3. The quantitative estimate of drug-likeness (QED) is 0.669. The van der Waals surface area contributed by atoms with Gasteiger partial charge in [0, 0.05) is 29.8 Å². The van der Waals surface area contributed by atoms with Crippen LogP contribution in [0.1, 0.15) is 36.1 Å². The minimum Gasteiger partial charge on any atom is -0.441 e. The van der Waals surface area contributed by atoms with Crippen LogP contribution in [0.25, 0.3) is 11.3 Å². The van der Waals surface area contributed by atoms with Crippen molar-refractivity contribution in [3.8, 4) is 11.3 Å². The van der Waals surface area contributed by atoms with Crippen LogP contribution in [0.3, 0.4) is 0 Å². The number of hydrogen-bond acceptors (Lipinski definition) is 4. The molecule has 0 N–H and O–H groups in total. The van der Waals surface area contributed by atoms with Gasteiger partial charge in [-0.15, -0.1) is 11.3 Å². The average molecular weight is 352 g/mol. The second kappa shape index (κ2) is 7.23. The Hall–Kier alpha value is -2.40. The molecule has 0 bridgehead atoms. The highest BCUT2D eigenvalue weighted by Crippen LogP contribution is 2.35. The van der Waals surface area contributed by atoms with Crippen molar-refractivity contribution in [1.82, 2.24) is 9.88 Å². The summed E-state index contributed by atoms with van der Waals surface area (Å²) in [6.45, 7) is 0.849. The molecule has 4 rings (SSSR count). The number of thiophene rings is 1. The summed E-state index contributed by atoms with van der Waals surface area (Å²) in [7, 11) is 0. The molecule has 1 aliphatic heterocycles. The molecule has 2 aromatic heterocycles. The molecule has 1 aromatic carbocycles. The smallest absolute Gasteiger partial charge is 0.223 e. The molecule has 0 aliphatic carbocycles. The normalized spacial score (nSPS) is 17.1. The van der Waals surface area contributed by atoms with E-state index in [0.717, 1.165) is 30.7 Å². The topological polar surface area (TPSA) is 46.3 Å². The van der Waals surface area contributed by atoms with Crippen molar-refractivity contribution in [2.45, 2.75) is 31.7 Å². The van der Waals surface area contributed by atoms with Crippen molar-refractivity contribution in [2.24, 2.45) is 0 Å². The lowest BCUT2D eigenvalue weighted by Gasteiger charge is -2.23. The average Bonchev–Trinajstić information content (AvgIpc) is 3.41. The van der Waals surface area contributed by atoms with Gasteiger partial charge in [-0.3, -0.25) is 4.79 Å². The molecule has 1 atom stereocenters. The summed E-state index contributed by atoms with van der Waals surface area (Å²) in [5, 5.41) is 2.08. The number of aromatic nitrogens is 1. The van der Waals surface area contributed by atoms with Crippen LogP contribution in [-0.2, 0) is 11.2 Å². The summed E-state index contributed by atoms with van der Waals surface area (Å²) < 4.78 is 5.80. The van der Waals surface area contributed by atoms with Crippen LogP contribution in [0.4, 0.5) is 0 Å². The molecule has 4 nitrogen and oxygen atoms in total. The third-order valence-corrected chi connectivity index (χ3v) is 5.58. The molecular formula is C20H20N2O2S. The standard InChI is InChI=1S/C20H20N2O2S/c23-20(22-12-4-8-16(22)18-9-5-13-25-18)11-10-19-21-14-17(24-19)15-6-2-1-3-7-15/h1-3,5-7,9,13-14,16H,4,8,10-12H2. The summed E-state index contributed by atoms with van der Waals surface area (Å²) in [6, 6.07) is 14.3. The van der Waals surface area contributed by atoms with E-state index in [9.17, 15) is 4.79 Å². The van der Waals surface area contributed by atoms with E-state index in [0.29, 0.717) is 18.7 Å². The zero-order valence-electron chi connectivity index (χ0n) is 13.9. The largest absolute Gasteiger partial charge is 0.441 e. The van der Waals surface area contributed by atoms with Crippen LogP contribution in [0.15, 0.2) is 58.5 Å². The lowest BCUT2D eigenvalue weighted by Crippen LogP contribution is -2.30. The van der Waals surface area contributed by atoms with Gasteiger partial charge in [0.2, 0.25) is 5.91 Å². The molecule has 1 amide bonds. The molecule has 3 aromatic rings. The van der Waals surface area contributed by atoms with Gasteiger partial charge in [-0.25, -0.2) is 4.98 Å². The molecular weight excluding hydrogens is 332 g/mol. The highest BCUT2D eigenvalue weighted by atomic mass is 32.1. The molecule has 0 spiro atoms.